The maximum absolute atomic E-state index is 12.0. The highest BCUT2D eigenvalue weighted by atomic mass is 16.5. The fraction of sp³-hybridized carbons (Fsp3) is 0.500. The average molecular weight is 347 g/mol. The molecule has 0 radical (unpaired) electrons. The fourth-order valence-corrected chi connectivity index (χ4v) is 2.45. The van der Waals surface area contributed by atoms with E-state index in [-0.39, 0.29) is 12.5 Å². The molecule has 1 aromatic carbocycles. The molecule has 5 nitrogen and oxygen atoms in total. The molecule has 1 amide bonds. The Morgan fingerprint density at radius 3 is 2.56 bits per heavy atom. The molecule has 138 valence electrons. The van der Waals surface area contributed by atoms with Crippen molar-refractivity contribution in [3.05, 3.63) is 48.6 Å². The van der Waals surface area contributed by atoms with E-state index in [4.69, 9.17) is 9.47 Å². The van der Waals surface area contributed by atoms with Gasteiger partial charge in [0.25, 0.3) is 0 Å². The van der Waals surface area contributed by atoms with Crippen molar-refractivity contribution in [2.45, 2.75) is 51.2 Å². The topological polar surface area (TPSA) is 64.6 Å². The van der Waals surface area contributed by atoms with Crippen LogP contribution in [0.5, 0.6) is 0 Å². The van der Waals surface area contributed by atoms with Gasteiger partial charge in [-0.15, -0.1) is 6.58 Å². The summed E-state index contributed by atoms with van der Waals surface area (Å²) in [4.78, 5) is 23.8. The van der Waals surface area contributed by atoms with Gasteiger partial charge in [-0.05, 0) is 24.8 Å². The molecular weight excluding hydrogens is 318 g/mol. The molecule has 0 aliphatic heterocycles. The molecular formula is C20H29NO4. The van der Waals surface area contributed by atoms with Gasteiger partial charge in [0.05, 0.1) is 13.7 Å². The number of esters is 1. The molecule has 1 atom stereocenters. The number of hydrogen-bond acceptors (Lipinski definition) is 4. The molecule has 0 bridgehead atoms. The predicted octanol–water partition coefficient (Wildman–Crippen LogP) is 3.39. The van der Waals surface area contributed by atoms with Crippen molar-refractivity contribution in [3.63, 3.8) is 0 Å². The van der Waals surface area contributed by atoms with E-state index in [1.165, 1.54) is 7.11 Å². The SMILES string of the molecule is C=CCCCCCC[C@@H](NC(=O)COCc1ccccc1)C(=O)OC. The molecule has 0 fully saturated rings. The van der Waals surface area contributed by atoms with E-state index in [0.717, 1.165) is 37.7 Å². The number of hydrogen-bond donors (Lipinski definition) is 1. The van der Waals surface area contributed by atoms with Crippen molar-refractivity contribution in [3.8, 4) is 0 Å². The molecule has 0 heterocycles. The van der Waals surface area contributed by atoms with Crippen molar-refractivity contribution in [2.75, 3.05) is 13.7 Å². The largest absolute Gasteiger partial charge is 0.467 e. The minimum absolute atomic E-state index is 0.0816. The number of nitrogens with one attached hydrogen (secondary N) is 1. The van der Waals surface area contributed by atoms with Gasteiger partial charge in [-0.25, -0.2) is 4.79 Å². The molecule has 0 aromatic heterocycles. The lowest BCUT2D eigenvalue weighted by Crippen LogP contribution is -2.43. The Hall–Kier alpha value is -2.14. The summed E-state index contributed by atoms with van der Waals surface area (Å²) in [5, 5.41) is 2.70. The summed E-state index contributed by atoms with van der Waals surface area (Å²) in [7, 11) is 1.33. The standard InChI is InChI=1S/C20H29NO4/c1-3-4-5-6-7-11-14-18(20(23)24-2)21-19(22)16-25-15-17-12-9-8-10-13-17/h3,8-10,12-13,18H,1,4-7,11,14-16H2,2H3,(H,21,22)/t18-/m1/s1. The van der Waals surface area contributed by atoms with Crippen LogP contribution in [0.4, 0.5) is 0 Å². The maximum Gasteiger partial charge on any atom is 0.328 e. The number of amides is 1. The van der Waals surface area contributed by atoms with Crippen LogP contribution in [0.15, 0.2) is 43.0 Å². The zero-order valence-corrected chi connectivity index (χ0v) is 15.0. The maximum atomic E-state index is 12.0. The molecule has 5 heteroatoms. The van der Waals surface area contributed by atoms with Gasteiger partial charge in [0.1, 0.15) is 12.6 Å². The Kier molecular flexibility index (Phi) is 11.0. The second kappa shape index (κ2) is 13.2. The molecule has 1 aromatic rings. The highest BCUT2D eigenvalue weighted by Crippen LogP contribution is 2.09. The van der Waals surface area contributed by atoms with Gasteiger partial charge in [-0.3, -0.25) is 4.79 Å². The van der Waals surface area contributed by atoms with E-state index in [0.29, 0.717) is 13.0 Å². The summed E-state index contributed by atoms with van der Waals surface area (Å²) in [6.45, 7) is 3.98. The smallest absolute Gasteiger partial charge is 0.328 e. The van der Waals surface area contributed by atoms with E-state index >= 15 is 0 Å². The first-order valence-electron chi connectivity index (χ1n) is 8.77. The Labute approximate surface area is 150 Å². The van der Waals surface area contributed by atoms with Crippen LogP contribution in [-0.2, 0) is 25.7 Å². The Morgan fingerprint density at radius 2 is 1.88 bits per heavy atom. The molecule has 25 heavy (non-hydrogen) atoms. The van der Waals surface area contributed by atoms with Gasteiger partial charge >= 0.3 is 5.97 Å². The first-order chi connectivity index (χ1) is 12.2. The third kappa shape index (κ3) is 9.67. The summed E-state index contributed by atoms with van der Waals surface area (Å²) in [5.41, 5.74) is 0.999. The summed E-state index contributed by atoms with van der Waals surface area (Å²) in [5.74, 6) is -0.722. The zero-order chi connectivity index (χ0) is 18.3. The molecule has 0 aliphatic carbocycles. The first kappa shape index (κ1) is 20.9. The summed E-state index contributed by atoms with van der Waals surface area (Å²) in [6, 6.07) is 9.01. The van der Waals surface area contributed by atoms with E-state index < -0.39 is 12.0 Å². The van der Waals surface area contributed by atoms with Crippen LogP contribution in [0.25, 0.3) is 0 Å². The quantitative estimate of drug-likeness (QED) is 0.337. The minimum Gasteiger partial charge on any atom is -0.467 e. The van der Waals surface area contributed by atoms with Crippen LogP contribution in [-0.4, -0.2) is 31.6 Å². The van der Waals surface area contributed by atoms with Crippen LogP contribution < -0.4 is 5.32 Å². The van der Waals surface area contributed by atoms with Gasteiger partial charge in [0.15, 0.2) is 0 Å². The van der Waals surface area contributed by atoms with Crippen LogP contribution >= 0.6 is 0 Å². The highest BCUT2D eigenvalue weighted by molar-refractivity contribution is 5.84. The normalized spacial score (nSPS) is 11.6. The third-order valence-corrected chi connectivity index (χ3v) is 3.82. The summed E-state index contributed by atoms with van der Waals surface area (Å²) in [6.07, 6.45) is 7.57. The third-order valence-electron chi connectivity index (χ3n) is 3.82. The van der Waals surface area contributed by atoms with E-state index in [9.17, 15) is 9.59 Å². The number of ether oxygens (including phenoxy) is 2. The molecule has 1 rings (SSSR count). The van der Waals surface area contributed by atoms with Gasteiger partial charge in [0.2, 0.25) is 5.91 Å². The number of methoxy groups -OCH3 is 1. The molecule has 0 unspecified atom stereocenters. The number of benzene rings is 1. The lowest BCUT2D eigenvalue weighted by atomic mass is 10.1. The molecule has 0 saturated carbocycles. The van der Waals surface area contributed by atoms with Crippen molar-refractivity contribution in [2.24, 2.45) is 0 Å². The number of carbonyl (C=O) groups is 2. The lowest BCUT2D eigenvalue weighted by molar-refractivity contribution is -0.146. The van der Waals surface area contributed by atoms with Gasteiger partial charge in [-0.1, -0.05) is 55.7 Å². The Morgan fingerprint density at radius 1 is 1.16 bits per heavy atom. The Balaban J connectivity index is 2.29. The number of allylic oxidation sites excluding steroid dienone is 1. The minimum atomic E-state index is -0.614. The summed E-state index contributed by atoms with van der Waals surface area (Å²) >= 11 is 0. The summed E-state index contributed by atoms with van der Waals surface area (Å²) < 4.78 is 10.2. The van der Waals surface area contributed by atoms with E-state index in [1.54, 1.807) is 0 Å². The zero-order valence-electron chi connectivity index (χ0n) is 15.0. The highest BCUT2D eigenvalue weighted by Gasteiger charge is 2.20. The second-order valence-electron chi connectivity index (χ2n) is 5.90. The number of rotatable bonds is 13. The van der Waals surface area contributed by atoms with Crippen molar-refractivity contribution >= 4 is 11.9 Å². The first-order valence-corrected chi connectivity index (χ1v) is 8.77. The molecule has 0 aliphatic rings. The molecule has 1 N–H and O–H groups in total. The van der Waals surface area contributed by atoms with Crippen LogP contribution in [0.3, 0.4) is 0 Å². The molecule has 0 saturated heterocycles. The van der Waals surface area contributed by atoms with Crippen molar-refractivity contribution in [1.82, 2.24) is 5.32 Å². The second-order valence-corrected chi connectivity index (χ2v) is 5.90. The Bertz CT molecular complexity index is 516. The lowest BCUT2D eigenvalue weighted by Gasteiger charge is -2.16. The number of carbonyl (C=O) groups excluding carboxylic acids is 2. The van der Waals surface area contributed by atoms with Crippen LogP contribution in [0, 0.1) is 0 Å². The number of unbranched alkanes of at least 4 members (excludes halogenated alkanes) is 4. The predicted molar refractivity (Wildman–Crippen MR) is 97.9 cm³/mol. The van der Waals surface area contributed by atoms with Gasteiger partial charge < -0.3 is 14.8 Å². The average Bonchev–Trinajstić information content (AvgIpc) is 2.63. The van der Waals surface area contributed by atoms with Crippen LogP contribution in [0.1, 0.15) is 44.1 Å². The fourth-order valence-electron chi connectivity index (χ4n) is 2.45. The van der Waals surface area contributed by atoms with Gasteiger partial charge in [-0.2, -0.15) is 0 Å². The van der Waals surface area contributed by atoms with Crippen molar-refractivity contribution in [1.29, 1.82) is 0 Å². The van der Waals surface area contributed by atoms with E-state index in [2.05, 4.69) is 11.9 Å². The molecule has 0 spiro atoms. The van der Waals surface area contributed by atoms with E-state index in [1.807, 2.05) is 36.4 Å². The van der Waals surface area contributed by atoms with Crippen molar-refractivity contribution < 1.29 is 19.1 Å². The van der Waals surface area contributed by atoms with Crippen LogP contribution in [0.2, 0.25) is 0 Å². The monoisotopic (exact) mass is 347 g/mol. The van der Waals surface area contributed by atoms with Gasteiger partial charge in [0, 0.05) is 0 Å².